The summed E-state index contributed by atoms with van der Waals surface area (Å²) in [6, 6.07) is 14.6. The Hall–Kier alpha value is -1.54. The van der Waals surface area contributed by atoms with E-state index in [9.17, 15) is 0 Å². The molecule has 0 bridgehead atoms. The maximum absolute atomic E-state index is 5.57. The first-order chi connectivity index (χ1) is 7.75. The lowest BCUT2D eigenvalue weighted by molar-refractivity contribution is 0.416. The fourth-order valence-corrected chi connectivity index (χ4v) is 1.65. The molecule has 0 saturated carbocycles. The van der Waals surface area contributed by atoms with Crippen molar-refractivity contribution in [3.8, 4) is 0 Å². The number of hydrogen-bond donors (Lipinski definition) is 1. The number of hydrogen-bond acceptors (Lipinski definition) is 2. The van der Waals surface area contributed by atoms with Crippen LogP contribution in [-0.4, -0.2) is 0 Å². The van der Waals surface area contributed by atoms with Gasteiger partial charge in [-0.2, -0.15) is 0 Å². The van der Waals surface area contributed by atoms with Crippen molar-refractivity contribution in [1.29, 1.82) is 0 Å². The fourth-order valence-electron chi connectivity index (χ4n) is 1.65. The summed E-state index contributed by atoms with van der Waals surface area (Å²) in [5.74, 6) is 1.96. The van der Waals surface area contributed by atoms with Crippen LogP contribution < -0.4 is 5.32 Å². The molecule has 0 aliphatic carbocycles. The van der Waals surface area contributed by atoms with E-state index in [0.29, 0.717) is 0 Å². The Bertz CT molecular complexity index is 433. The smallest absolute Gasteiger partial charge is 0.120 e. The molecule has 0 amide bonds. The van der Waals surface area contributed by atoms with Crippen molar-refractivity contribution in [2.45, 2.75) is 26.4 Å². The van der Waals surface area contributed by atoms with E-state index < -0.39 is 0 Å². The van der Waals surface area contributed by atoms with Crippen molar-refractivity contribution in [2.75, 3.05) is 0 Å². The van der Waals surface area contributed by atoms with E-state index in [1.807, 2.05) is 25.1 Å². The summed E-state index contributed by atoms with van der Waals surface area (Å²) >= 11 is 0. The quantitative estimate of drug-likeness (QED) is 0.845. The first-order valence-corrected chi connectivity index (χ1v) is 5.59. The molecule has 0 radical (unpaired) electrons. The minimum atomic E-state index is 0.244. The maximum Gasteiger partial charge on any atom is 0.120 e. The molecule has 0 aliphatic rings. The molecule has 1 aromatic heterocycles. The van der Waals surface area contributed by atoms with Gasteiger partial charge in [0.15, 0.2) is 0 Å². The number of rotatable bonds is 4. The van der Waals surface area contributed by atoms with E-state index in [0.717, 1.165) is 18.1 Å². The molecule has 1 unspecified atom stereocenters. The van der Waals surface area contributed by atoms with Crippen LogP contribution in [0.3, 0.4) is 0 Å². The Morgan fingerprint density at radius 1 is 1.12 bits per heavy atom. The summed E-state index contributed by atoms with van der Waals surface area (Å²) in [5.41, 5.74) is 1.29. The van der Waals surface area contributed by atoms with Crippen molar-refractivity contribution in [2.24, 2.45) is 0 Å². The van der Waals surface area contributed by atoms with Crippen LogP contribution in [0.5, 0.6) is 0 Å². The van der Waals surface area contributed by atoms with Crippen LogP contribution in [-0.2, 0) is 6.54 Å². The third-order valence-electron chi connectivity index (χ3n) is 2.64. The largest absolute Gasteiger partial charge is 0.465 e. The van der Waals surface area contributed by atoms with Gasteiger partial charge in [0.1, 0.15) is 11.5 Å². The van der Waals surface area contributed by atoms with Crippen molar-refractivity contribution in [3.63, 3.8) is 0 Å². The molecule has 2 heteroatoms. The molecular formula is C14H17NO. The number of benzene rings is 1. The van der Waals surface area contributed by atoms with Gasteiger partial charge in [0.25, 0.3) is 0 Å². The fraction of sp³-hybridized carbons (Fsp3) is 0.286. The Morgan fingerprint density at radius 2 is 1.88 bits per heavy atom. The zero-order valence-electron chi connectivity index (χ0n) is 9.73. The van der Waals surface area contributed by atoms with Gasteiger partial charge in [-0.3, -0.25) is 0 Å². The van der Waals surface area contributed by atoms with Crippen LogP contribution in [0, 0.1) is 6.92 Å². The van der Waals surface area contributed by atoms with E-state index in [1.165, 1.54) is 5.56 Å². The lowest BCUT2D eigenvalue weighted by Crippen LogP contribution is -2.17. The zero-order chi connectivity index (χ0) is 11.4. The molecule has 2 nitrogen and oxygen atoms in total. The van der Waals surface area contributed by atoms with Crippen molar-refractivity contribution in [3.05, 3.63) is 59.5 Å². The van der Waals surface area contributed by atoms with Crippen LogP contribution in [0.2, 0.25) is 0 Å². The Morgan fingerprint density at radius 3 is 2.50 bits per heavy atom. The number of nitrogens with one attached hydrogen (secondary N) is 1. The predicted octanol–water partition coefficient (Wildman–Crippen LogP) is 3.44. The Balaban J connectivity index is 1.91. The van der Waals surface area contributed by atoms with Crippen LogP contribution in [0.25, 0.3) is 0 Å². The van der Waals surface area contributed by atoms with Gasteiger partial charge in [0.2, 0.25) is 0 Å². The van der Waals surface area contributed by atoms with E-state index >= 15 is 0 Å². The Labute approximate surface area is 96.3 Å². The predicted molar refractivity (Wildman–Crippen MR) is 65.1 cm³/mol. The van der Waals surface area contributed by atoms with Gasteiger partial charge >= 0.3 is 0 Å². The van der Waals surface area contributed by atoms with Crippen LogP contribution in [0.15, 0.2) is 46.9 Å². The topological polar surface area (TPSA) is 25.2 Å². The molecule has 2 rings (SSSR count). The summed E-state index contributed by atoms with van der Waals surface area (Å²) in [7, 11) is 0. The first-order valence-electron chi connectivity index (χ1n) is 5.59. The minimum Gasteiger partial charge on any atom is -0.465 e. The normalized spacial score (nSPS) is 12.6. The second-order valence-corrected chi connectivity index (χ2v) is 4.04. The van der Waals surface area contributed by atoms with Gasteiger partial charge in [-0.15, -0.1) is 0 Å². The summed E-state index contributed by atoms with van der Waals surface area (Å²) in [4.78, 5) is 0. The monoisotopic (exact) mass is 215 g/mol. The van der Waals surface area contributed by atoms with Crippen molar-refractivity contribution < 1.29 is 4.42 Å². The van der Waals surface area contributed by atoms with Crippen molar-refractivity contribution >= 4 is 0 Å². The maximum atomic E-state index is 5.57. The molecule has 1 N–H and O–H groups in total. The summed E-state index contributed by atoms with van der Waals surface area (Å²) in [5, 5.41) is 3.43. The zero-order valence-corrected chi connectivity index (χ0v) is 9.73. The summed E-state index contributed by atoms with van der Waals surface area (Å²) in [6.45, 7) is 4.94. The molecule has 2 aromatic rings. The molecule has 0 spiro atoms. The Kier molecular flexibility index (Phi) is 3.42. The average Bonchev–Trinajstić information content (AvgIpc) is 2.74. The minimum absolute atomic E-state index is 0.244. The highest BCUT2D eigenvalue weighted by molar-refractivity contribution is 5.15. The van der Waals surface area contributed by atoms with E-state index in [2.05, 4.69) is 36.5 Å². The number of aryl methyl sites for hydroxylation is 1. The van der Waals surface area contributed by atoms with Crippen LogP contribution in [0.1, 0.15) is 30.0 Å². The lowest BCUT2D eigenvalue weighted by atomic mass is 10.2. The molecule has 1 heterocycles. The molecule has 0 fully saturated rings. The molecule has 0 saturated heterocycles. The van der Waals surface area contributed by atoms with Gasteiger partial charge in [0, 0.05) is 6.54 Å². The molecule has 0 aliphatic heterocycles. The van der Waals surface area contributed by atoms with Gasteiger partial charge in [-0.05, 0) is 31.5 Å². The van der Waals surface area contributed by atoms with E-state index in [4.69, 9.17) is 4.42 Å². The highest BCUT2D eigenvalue weighted by Crippen LogP contribution is 2.15. The van der Waals surface area contributed by atoms with Crippen molar-refractivity contribution in [1.82, 2.24) is 5.32 Å². The molecule has 1 aromatic carbocycles. The standard InChI is InChI=1S/C14H17NO/c1-11-8-9-14(16-11)12(2)15-10-13-6-4-3-5-7-13/h3-9,12,15H,10H2,1-2H3. The average molecular weight is 215 g/mol. The molecule has 16 heavy (non-hydrogen) atoms. The second-order valence-electron chi connectivity index (χ2n) is 4.04. The van der Waals surface area contributed by atoms with Gasteiger partial charge in [0.05, 0.1) is 6.04 Å². The number of furan rings is 1. The molecule has 1 atom stereocenters. The third-order valence-corrected chi connectivity index (χ3v) is 2.64. The van der Waals surface area contributed by atoms with Gasteiger partial charge < -0.3 is 9.73 Å². The van der Waals surface area contributed by atoms with Crippen LogP contribution >= 0.6 is 0 Å². The first kappa shape index (κ1) is 11.0. The molecule has 84 valence electrons. The van der Waals surface area contributed by atoms with Crippen LogP contribution in [0.4, 0.5) is 0 Å². The van der Waals surface area contributed by atoms with Gasteiger partial charge in [-0.1, -0.05) is 30.3 Å². The molecular weight excluding hydrogens is 198 g/mol. The van der Waals surface area contributed by atoms with Gasteiger partial charge in [-0.25, -0.2) is 0 Å². The summed E-state index contributed by atoms with van der Waals surface area (Å²) < 4.78 is 5.57. The van der Waals surface area contributed by atoms with E-state index in [-0.39, 0.29) is 6.04 Å². The van der Waals surface area contributed by atoms with E-state index in [1.54, 1.807) is 0 Å². The lowest BCUT2D eigenvalue weighted by Gasteiger charge is -2.11. The summed E-state index contributed by atoms with van der Waals surface area (Å²) in [6.07, 6.45) is 0. The highest BCUT2D eigenvalue weighted by Gasteiger charge is 2.08. The SMILES string of the molecule is Cc1ccc(C(C)NCc2ccccc2)o1. The third kappa shape index (κ3) is 2.74. The highest BCUT2D eigenvalue weighted by atomic mass is 16.3. The second kappa shape index (κ2) is 4.99.